The maximum atomic E-state index is 12.9. The van der Waals surface area contributed by atoms with Crippen LogP contribution < -0.4 is 15.4 Å². The molecule has 0 unspecified atom stereocenters. The topological polar surface area (TPSA) is 70.7 Å². The lowest BCUT2D eigenvalue weighted by atomic mass is 9.96. The Bertz CT molecular complexity index is 833. The van der Waals surface area contributed by atoms with Crippen molar-refractivity contribution in [2.75, 3.05) is 32.1 Å². The van der Waals surface area contributed by atoms with Crippen LogP contribution in [-0.4, -0.2) is 43.5 Å². The highest BCUT2D eigenvalue weighted by molar-refractivity contribution is 5.92. The summed E-state index contributed by atoms with van der Waals surface area (Å²) < 4.78 is 18.1. The van der Waals surface area contributed by atoms with Gasteiger partial charge in [-0.25, -0.2) is 4.39 Å². The molecule has 0 saturated carbocycles. The number of likely N-dealkylation sites (tertiary alicyclic amines) is 1. The Kier molecular flexibility index (Phi) is 7.19. The van der Waals surface area contributed by atoms with E-state index in [0.717, 1.165) is 11.3 Å². The summed E-state index contributed by atoms with van der Waals surface area (Å²) in [6.45, 7) is 2.11. The van der Waals surface area contributed by atoms with Crippen molar-refractivity contribution >= 4 is 17.5 Å². The maximum Gasteiger partial charge on any atom is 0.238 e. The van der Waals surface area contributed by atoms with Crippen LogP contribution in [-0.2, 0) is 16.1 Å². The van der Waals surface area contributed by atoms with Gasteiger partial charge in [-0.3, -0.25) is 14.5 Å². The number of amides is 2. The zero-order valence-electron chi connectivity index (χ0n) is 16.5. The average molecular weight is 399 g/mol. The van der Waals surface area contributed by atoms with Gasteiger partial charge in [0.2, 0.25) is 11.8 Å². The van der Waals surface area contributed by atoms with Gasteiger partial charge in [0.15, 0.2) is 0 Å². The van der Waals surface area contributed by atoms with Gasteiger partial charge >= 0.3 is 0 Å². The summed E-state index contributed by atoms with van der Waals surface area (Å²) in [5.74, 6) is 0.288. The number of halogens is 1. The molecule has 1 aliphatic rings. The summed E-state index contributed by atoms with van der Waals surface area (Å²) in [7, 11) is 1.62. The summed E-state index contributed by atoms with van der Waals surface area (Å²) in [5.41, 5.74) is 1.57. The Hall–Kier alpha value is -2.93. The van der Waals surface area contributed by atoms with E-state index >= 15 is 0 Å². The van der Waals surface area contributed by atoms with E-state index in [9.17, 15) is 14.0 Å². The number of anilines is 1. The van der Waals surface area contributed by atoms with Crippen LogP contribution in [0, 0.1) is 11.7 Å². The van der Waals surface area contributed by atoms with Crippen molar-refractivity contribution < 1.29 is 18.7 Å². The minimum atomic E-state index is -0.338. The Morgan fingerprint density at radius 3 is 2.55 bits per heavy atom. The highest BCUT2D eigenvalue weighted by atomic mass is 19.1. The molecule has 2 amide bonds. The van der Waals surface area contributed by atoms with Crippen LogP contribution in [0.1, 0.15) is 18.4 Å². The number of hydrogen-bond donors (Lipinski definition) is 2. The molecule has 2 aromatic rings. The van der Waals surface area contributed by atoms with Crippen molar-refractivity contribution in [2.24, 2.45) is 5.92 Å². The third-order valence-electron chi connectivity index (χ3n) is 5.05. The van der Waals surface area contributed by atoms with Crippen LogP contribution in [0.25, 0.3) is 0 Å². The molecule has 0 spiro atoms. The van der Waals surface area contributed by atoms with Crippen LogP contribution in [0.4, 0.5) is 10.1 Å². The van der Waals surface area contributed by atoms with E-state index < -0.39 is 0 Å². The number of nitrogens with zero attached hydrogens (tertiary/aromatic N) is 1. The maximum absolute atomic E-state index is 12.9. The minimum absolute atomic E-state index is 0.0444. The number of carbonyl (C=O) groups is 2. The first-order valence-corrected chi connectivity index (χ1v) is 9.72. The molecule has 0 atom stereocenters. The molecule has 0 bridgehead atoms. The fraction of sp³-hybridized carbons (Fsp3) is 0.364. The number of ether oxygens (including phenoxy) is 1. The highest BCUT2D eigenvalue weighted by Crippen LogP contribution is 2.18. The van der Waals surface area contributed by atoms with Gasteiger partial charge in [0.05, 0.1) is 13.7 Å². The summed E-state index contributed by atoms with van der Waals surface area (Å²) in [5, 5.41) is 5.75. The number of rotatable bonds is 7. The predicted molar refractivity (Wildman–Crippen MR) is 109 cm³/mol. The van der Waals surface area contributed by atoms with Gasteiger partial charge < -0.3 is 15.4 Å². The Balaban J connectivity index is 1.39. The van der Waals surface area contributed by atoms with Crippen LogP contribution in [0.3, 0.4) is 0 Å². The molecular weight excluding hydrogens is 373 g/mol. The molecule has 0 aliphatic carbocycles. The quantitative estimate of drug-likeness (QED) is 0.751. The number of nitrogens with one attached hydrogen (secondary N) is 2. The zero-order chi connectivity index (χ0) is 20.6. The molecule has 1 saturated heterocycles. The molecule has 0 radical (unpaired) electrons. The molecule has 2 N–H and O–H groups in total. The van der Waals surface area contributed by atoms with Crippen molar-refractivity contribution in [3.63, 3.8) is 0 Å². The molecule has 0 aromatic heterocycles. The fourth-order valence-electron chi connectivity index (χ4n) is 3.41. The smallest absolute Gasteiger partial charge is 0.238 e. The molecule has 3 rings (SSSR count). The monoisotopic (exact) mass is 399 g/mol. The molecule has 1 heterocycles. The first kappa shape index (κ1) is 20.8. The number of carbonyl (C=O) groups excluding carboxylic acids is 2. The Morgan fingerprint density at radius 1 is 1.14 bits per heavy atom. The molecule has 154 valence electrons. The second-order valence-corrected chi connectivity index (χ2v) is 7.17. The van der Waals surface area contributed by atoms with Crippen LogP contribution in [0.2, 0.25) is 0 Å². The summed E-state index contributed by atoms with van der Waals surface area (Å²) >= 11 is 0. The van der Waals surface area contributed by atoms with Crippen LogP contribution >= 0.6 is 0 Å². The van der Waals surface area contributed by atoms with Crippen molar-refractivity contribution in [3.05, 3.63) is 59.9 Å². The minimum Gasteiger partial charge on any atom is -0.497 e. The van der Waals surface area contributed by atoms with E-state index in [1.165, 1.54) is 24.3 Å². The van der Waals surface area contributed by atoms with E-state index in [-0.39, 0.29) is 30.1 Å². The van der Waals surface area contributed by atoms with Crippen molar-refractivity contribution in [1.82, 2.24) is 10.2 Å². The molecule has 2 aromatic carbocycles. The lowest BCUT2D eigenvalue weighted by Crippen LogP contribution is -2.43. The van der Waals surface area contributed by atoms with E-state index in [2.05, 4.69) is 10.6 Å². The number of piperidine rings is 1. The standard InChI is InChI=1S/C22H26FN3O3/c1-29-20-4-2-3-16(13-20)14-24-22(28)17-9-11-26(12-10-17)15-21(27)25-19-7-5-18(23)6-8-19/h2-8,13,17H,9-12,14-15H2,1H3,(H,24,28)(H,25,27). The Morgan fingerprint density at radius 2 is 1.86 bits per heavy atom. The van der Waals surface area contributed by atoms with Gasteiger partial charge in [-0.1, -0.05) is 12.1 Å². The number of methoxy groups -OCH3 is 1. The molecule has 29 heavy (non-hydrogen) atoms. The second-order valence-electron chi connectivity index (χ2n) is 7.17. The van der Waals surface area contributed by atoms with Gasteiger partial charge in [-0.15, -0.1) is 0 Å². The van der Waals surface area contributed by atoms with Crippen molar-refractivity contribution in [1.29, 1.82) is 0 Å². The lowest BCUT2D eigenvalue weighted by Gasteiger charge is -2.30. The van der Waals surface area contributed by atoms with Gasteiger partial charge in [0.25, 0.3) is 0 Å². The lowest BCUT2D eigenvalue weighted by molar-refractivity contribution is -0.126. The van der Waals surface area contributed by atoms with Gasteiger partial charge in [0.1, 0.15) is 11.6 Å². The highest BCUT2D eigenvalue weighted by Gasteiger charge is 2.25. The normalized spacial score (nSPS) is 15.0. The third-order valence-corrected chi connectivity index (χ3v) is 5.05. The molecule has 7 heteroatoms. The molecule has 6 nitrogen and oxygen atoms in total. The SMILES string of the molecule is COc1cccc(CNC(=O)C2CCN(CC(=O)Nc3ccc(F)cc3)CC2)c1. The second kappa shape index (κ2) is 10.0. The predicted octanol–water partition coefficient (Wildman–Crippen LogP) is 2.80. The summed E-state index contributed by atoms with van der Waals surface area (Å²) in [4.78, 5) is 26.6. The number of hydrogen-bond acceptors (Lipinski definition) is 4. The van der Waals surface area contributed by atoms with Crippen molar-refractivity contribution in [2.45, 2.75) is 19.4 Å². The average Bonchev–Trinajstić information content (AvgIpc) is 2.74. The molecule has 1 fully saturated rings. The van der Waals surface area contributed by atoms with E-state index in [0.29, 0.717) is 38.2 Å². The van der Waals surface area contributed by atoms with E-state index in [1.807, 2.05) is 29.2 Å². The van der Waals surface area contributed by atoms with Crippen LogP contribution in [0.15, 0.2) is 48.5 Å². The fourth-order valence-corrected chi connectivity index (χ4v) is 3.41. The summed E-state index contributed by atoms with van der Waals surface area (Å²) in [6.07, 6.45) is 1.43. The first-order chi connectivity index (χ1) is 14.0. The zero-order valence-corrected chi connectivity index (χ0v) is 16.5. The molecule has 1 aliphatic heterocycles. The number of benzene rings is 2. The van der Waals surface area contributed by atoms with Gasteiger partial charge in [-0.05, 0) is 67.9 Å². The third kappa shape index (κ3) is 6.29. The summed E-state index contributed by atoms with van der Waals surface area (Å²) in [6, 6.07) is 13.3. The Labute approximate surface area is 170 Å². The first-order valence-electron chi connectivity index (χ1n) is 9.72. The van der Waals surface area contributed by atoms with E-state index in [1.54, 1.807) is 7.11 Å². The van der Waals surface area contributed by atoms with Crippen LogP contribution in [0.5, 0.6) is 5.75 Å². The molecular formula is C22H26FN3O3. The van der Waals surface area contributed by atoms with Gasteiger partial charge in [0, 0.05) is 18.2 Å². The van der Waals surface area contributed by atoms with E-state index in [4.69, 9.17) is 4.74 Å². The largest absolute Gasteiger partial charge is 0.497 e. The van der Waals surface area contributed by atoms with Gasteiger partial charge in [-0.2, -0.15) is 0 Å². The van der Waals surface area contributed by atoms with Crippen molar-refractivity contribution in [3.8, 4) is 5.75 Å².